The molecule has 2 heteroatoms. The summed E-state index contributed by atoms with van der Waals surface area (Å²) in [6, 6.07) is 8.22. The van der Waals surface area contributed by atoms with Crippen LogP contribution in [0.25, 0.3) is 0 Å². The minimum Gasteiger partial charge on any atom is -0.311 e. The molecule has 1 aliphatic rings. The number of hydrogen-bond donors (Lipinski definition) is 1. The Morgan fingerprint density at radius 1 is 1.38 bits per heavy atom. The monoisotopic (exact) mass is 237 g/mol. The maximum atomic E-state index is 6.24. The molecule has 1 fully saturated rings. The molecule has 0 amide bonds. The first-order valence-electron chi connectivity index (χ1n) is 6.24. The maximum absolute atomic E-state index is 6.24. The van der Waals surface area contributed by atoms with Crippen LogP contribution >= 0.6 is 11.6 Å². The zero-order valence-electron chi connectivity index (χ0n) is 9.93. The summed E-state index contributed by atoms with van der Waals surface area (Å²) < 4.78 is 0. The molecular formula is C14H20ClN. The number of nitrogens with one attached hydrogen (secondary N) is 1. The quantitative estimate of drug-likeness (QED) is 0.840. The first-order chi connectivity index (χ1) is 7.76. The van der Waals surface area contributed by atoms with Gasteiger partial charge in [-0.25, -0.2) is 0 Å². The van der Waals surface area contributed by atoms with Crippen LogP contribution in [0.4, 0.5) is 0 Å². The number of hydrogen-bond acceptors (Lipinski definition) is 1. The molecule has 1 nitrogen and oxygen atoms in total. The summed E-state index contributed by atoms with van der Waals surface area (Å²) in [5.74, 6) is 0. The third-order valence-electron chi connectivity index (χ3n) is 3.55. The highest BCUT2D eigenvalue weighted by Crippen LogP contribution is 2.30. The molecule has 1 aliphatic heterocycles. The second kappa shape index (κ2) is 5.20. The molecule has 0 saturated carbocycles. The lowest BCUT2D eigenvalue weighted by Crippen LogP contribution is -2.41. The summed E-state index contributed by atoms with van der Waals surface area (Å²) in [7, 11) is 0. The molecule has 1 aromatic rings. The first kappa shape index (κ1) is 11.9. The van der Waals surface area contributed by atoms with E-state index in [2.05, 4.69) is 24.4 Å². The smallest absolute Gasteiger partial charge is 0.0438 e. The third-order valence-corrected chi connectivity index (χ3v) is 3.92. The molecular weight excluding hydrogens is 218 g/mol. The van der Waals surface area contributed by atoms with Crippen LogP contribution in [-0.2, 0) is 6.42 Å². The summed E-state index contributed by atoms with van der Waals surface area (Å²) in [5.41, 5.74) is 1.59. The fraction of sp³-hybridized carbons (Fsp3) is 0.571. The fourth-order valence-electron chi connectivity index (χ4n) is 2.81. The average Bonchev–Trinajstić information content (AvgIpc) is 2.71. The van der Waals surface area contributed by atoms with Crippen molar-refractivity contribution in [3.8, 4) is 0 Å². The predicted molar refractivity (Wildman–Crippen MR) is 70.0 cm³/mol. The zero-order chi connectivity index (χ0) is 11.4. The van der Waals surface area contributed by atoms with E-state index < -0.39 is 0 Å². The van der Waals surface area contributed by atoms with Crippen molar-refractivity contribution >= 4 is 11.6 Å². The summed E-state index contributed by atoms with van der Waals surface area (Å²) in [6.45, 7) is 3.42. The van der Waals surface area contributed by atoms with Gasteiger partial charge >= 0.3 is 0 Å². The van der Waals surface area contributed by atoms with Gasteiger partial charge in [-0.15, -0.1) is 0 Å². The molecule has 1 saturated heterocycles. The largest absolute Gasteiger partial charge is 0.311 e. The van der Waals surface area contributed by atoms with Gasteiger partial charge in [0.05, 0.1) is 0 Å². The van der Waals surface area contributed by atoms with Crippen LogP contribution in [0.3, 0.4) is 0 Å². The van der Waals surface area contributed by atoms with E-state index in [1.165, 1.54) is 31.2 Å². The summed E-state index contributed by atoms with van der Waals surface area (Å²) in [5, 5.41) is 4.60. The van der Waals surface area contributed by atoms with Crippen LogP contribution in [-0.4, -0.2) is 12.1 Å². The van der Waals surface area contributed by atoms with Gasteiger partial charge in [-0.1, -0.05) is 43.1 Å². The van der Waals surface area contributed by atoms with Gasteiger partial charge in [0.15, 0.2) is 0 Å². The van der Waals surface area contributed by atoms with Gasteiger partial charge < -0.3 is 5.32 Å². The van der Waals surface area contributed by atoms with E-state index in [4.69, 9.17) is 11.6 Å². The summed E-state index contributed by atoms with van der Waals surface area (Å²) in [6.07, 6.45) is 6.13. The highest BCUT2D eigenvalue weighted by Gasteiger charge is 2.32. The lowest BCUT2D eigenvalue weighted by Gasteiger charge is -2.30. The van der Waals surface area contributed by atoms with E-state index in [0.717, 1.165) is 18.0 Å². The highest BCUT2D eigenvalue weighted by molar-refractivity contribution is 6.31. The van der Waals surface area contributed by atoms with E-state index in [1.807, 2.05) is 12.1 Å². The van der Waals surface area contributed by atoms with Crippen molar-refractivity contribution in [1.29, 1.82) is 0 Å². The highest BCUT2D eigenvalue weighted by atomic mass is 35.5. The van der Waals surface area contributed by atoms with Crippen molar-refractivity contribution in [2.45, 2.75) is 44.6 Å². The second-order valence-electron chi connectivity index (χ2n) is 4.83. The Balaban J connectivity index is 2.14. The number of rotatable bonds is 4. The molecule has 88 valence electrons. The lowest BCUT2D eigenvalue weighted by molar-refractivity contribution is 0.342. The Morgan fingerprint density at radius 3 is 2.81 bits per heavy atom. The standard InChI is InChI=1S/C14H20ClN/c1-2-8-14(9-5-10-16-14)11-12-6-3-4-7-13(12)15/h3-4,6-7,16H,2,5,8-11H2,1H3. The Bertz CT molecular complexity index is 342. The van der Waals surface area contributed by atoms with Gasteiger partial charge in [0, 0.05) is 10.6 Å². The number of benzene rings is 1. The molecule has 0 radical (unpaired) electrons. The minimum absolute atomic E-state index is 0.305. The van der Waals surface area contributed by atoms with Crippen LogP contribution in [0.2, 0.25) is 5.02 Å². The maximum Gasteiger partial charge on any atom is 0.0438 e. The van der Waals surface area contributed by atoms with Crippen molar-refractivity contribution in [2.75, 3.05) is 6.54 Å². The summed E-state index contributed by atoms with van der Waals surface area (Å²) in [4.78, 5) is 0. The topological polar surface area (TPSA) is 12.0 Å². The van der Waals surface area contributed by atoms with Gasteiger partial charge in [0.25, 0.3) is 0 Å². The zero-order valence-corrected chi connectivity index (χ0v) is 10.7. The van der Waals surface area contributed by atoms with E-state index >= 15 is 0 Å². The van der Waals surface area contributed by atoms with Crippen LogP contribution in [0.5, 0.6) is 0 Å². The molecule has 0 aromatic heterocycles. The predicted octanol–water partition coefficient (Wildman–Crippen LogP) is 3.80. The normalized spacial score (nSPS) is 24.9. The van der Waals surface area contributed by atoms with Crippen LogP contribution in [0, 0.1) is 0 Å². The van der Waals surface area contributed by atoms with Crippen LogP contribution in [0.15, 0.2) is 24.3 Å². The lowest BCUT2D eigenvalue weighted by atomic mass is 9.85. The van der Waals surface area contributed by atoms with Crippen molar-refractivity contribution < 1.29 is 0 Å². The van der Waals surface area contributed by atoms with E-state index in [0.29, 0.717) is 5.54 Å². The Hall–Kier alpha value is -0.530. The van der Waals surface area contributed by atoms with Crippen molar-refractivity contribution in [3.63, 3.8) is 0 Å². The van der Waals surface area contributed by atoms with E-state index in [1.54, 1.807) is 0 Å². The minimum atomic E-state index is 0.305. The average molecular weight is 238 g/mol. The molecule has 0 spiro atoms. The molecule has 16 heavy (non-hydrogen) atoms. The second-order valence-corrected chi connectivity index (χ2v) is 5.24. The number of halogens is 1. The molecule has 2 rings (SSSR count). The van der Waals surface area contributed by atoms with Crippen molar-refractivity contribution in [1.82, 2.24) is 5.32 Å². The van der Waals surface area contributed by atoms with Gasteiger partial charge in [0.1, 0.15) is 0 Å². The SMILES string of the molecule is CCCC1(Cc2ccccc2Cl)CCCN1. The van der Waals surface area contributed by atoms with Crippen LogP contribution < -0.4 is 5.32 Å². The Labute approximate surface area is 103 Å². The Morgan fingerprint density at radius 2 is 2.19 bits per heavy atom. The molecule has 1 aromatic carbocycles. The molecule has 1 N–H and O–H groups in total. The summed E-state index contributed by atoms with van der Waals surface area (Å²) >= 11 is 6.24. The Kier molecular flexibility index (Phi) is 3.88. The van der Waals surface area contributed by atoms with E-state index in [9.17, 15) is 0 Å². The van der Waals surface area contributed by atoms with Crippen LogP contribution in [0.1, 0.15) is 38.2 Å². The van der Waals surface area contributed by atoms with Crippen molar-refractivity contribution in [3.05, 3.63) is 34.9 Å². The molecule has 1 unspecified atom stereocenters. The molecule has 0 bridgehead atoms. The molecule has 0 aliphatic carbocycles. The van der Waals surface area contributed by atoms with Gasteiger partial charge in [-0.05, 0) is 43.9 Å². The van der Waals surface area contributed by atoms with Gasteiger partial charge in [-0.3, -0.25) is 0 Å². The fourth-order valence-corrected chi connectivity index (χ4v) is 3.01. The van der Waals surface area contributed by atoms with Crippen molar-refractivity contribution in [2.24, 2.45) is 0 Å². The van der Waals surface area contributed by atoms with Gasteiger partial charge in [0.2, 0.25) is 0 Å². The van der Waals surface area contributed by atoms with E-state index in [-0.39, 0.29) is 0 Å². The first-order valence-corrected chi connectivity index (χ1v) is 6.62. The molecule has 1 atom stereocenters. The van der Waals surface area contributed by atoms with Gasteiger partial charge in [-0.2, -0.15) is 0 Å². The molecule has 1 heterocycles. The third kappa shape index (κ3) is 2.58.